The van der Waals surface area contributed by atoms with Crippen LogP contribution >= 0.6 is 0 Å². The highest BCUT2D eigenvalue weighted by Crippen LogP contribution is 2.23. The number of halogens is 1. The molecular weight excluding hydrogens is 337 g/mol. The van der Waals surface area contributed by atoms with Gasteiger partial charge in [-0.05, 0) is 37.5 Å². The van der Waals surface area contributed by atoms with Crippen LogP contribution in [0, 0.1) is 12.7 Å². The predicted octanol–water partition coefficient (Wildman–Crippen LogP) is 1.55. The highest BCUT2D eigenvalue weighted by Gasteiger charge is 2.25. The molecule has 0 aliphatic heterocycles. The van der Waals surface area contributed by atoms with Crippen LogP contribution in [0.5, 0.6) is 5.75 Å². The molecule has 0 spiro atoms. The molecule has 2 aromatic rings. The zero-order valence-electron chi connectivity index (χ0n) is 15.1. The van der Waals surface area contributed by atoms with Crippen LogP contribution in [0.25, 0.3) is 0 Å². The zero-order valence-corrected chi connectivity index (χ0v) is 15.1. The van der Waals surface area contributed by atoms with Crippen molar-refractivity contribution in [2.24, 2.45) is 0 Å². The smallest absolute Gasteiger partial charge is 0.224 e. The quantitative estimate of drug-likeness (QED) is 0.818. The third-order valence-corrected chi connectivity index (χ3v) is 4.79. The molecule has 6 nitrogen and oxygen atoms in total. The number of nitrogens with one attached hydrogen (secondary N) is 1. The van der Waals surface area contributed by atoms with Crippen molar-refractivity contribution in [2.45, 2.75) is 45.2 Å². The standard InChI is InChI=1S/C19H24FN3O3/c1-12-21-16-11-14(4-5-17(16)23(12)7-8-24)22-19(25)10-13-3-6-18(26-2)15(20)9-13/h3,6,9,14,24H,4-5,7-8,10-11H2,1-2H3,(H,22,25). The lowest BCUT2D eigenvalue weighted by molar-refractivity contribution is -0.121. The summed E-state index contributed by atoms with van der Waals surface area (Å²) >= 11 is 0. The van der Waals surface area contributed by atoms with E-state index in [2.05, 4.69) is 10.3 Å². The summed E-state index contributed by atoms with van der Waals surface area (Å²) in [5.41, 5.74) is 2.75. The number of imidazole rings is 1. The first kappa shape index (κ1) is 18.4. The van der Waals surface area contributed by atoms with E-state index in [0.29, 0.717) is 18.5 Å². The van der Waals surface area contributed by atoms with Crippen molar-refractivity contribution in [3.63, 3.8) is 0 Å². The van der Waals surface area contributed by atoms with Gasteiger partial charge in [0, 0.05) is 24.7 Å². The normalized spacial score (nSPS) is 16.2. The van der Waals surface area contributed by atoms with Crippen molar-refractivity contribution < 1.29 is 19.0 Å². The lowest BCUT2D eigenvalue weighted by atomic mass is 9.95. The average molecular weight is 361 g/mol. The summed E-state index contributed by atoms with van der Waals surface area (Å²) in [5.74, 6) is 0.465. The van der Waals surface area contributed by atoms with Crippen molar-refractivity contribution in [3.8, 4) is 5.75 Å². The number of carbonyl (C=O) groups is 1. The van der Waals surface area contributed by atoms with Gasteiger partial charge in [0.05, 0.1) is 25.8 Å². The third-order valence-electron chi connectivity index (χ3n) is 4.79. The van der Waals surface area contributed by atoms with Crippen LogP contribution in [0.2, 0.25) is 0 Å². The van der Waals surface area contributed by atoms with Crippen molar-refractivity contribution in [1.82, 2.24) is 14.9 Å². The number of carbonyl (C=O) groups excluding carboxylic acids is 1. The van der Waals surface area contributed by atoms with Gasteiger partial charge in [-0.1, -0.05) is 6.07 Å². The number of hydrogen-bond acceptors (Lipinski definition) is 4. The Hall–Kier alpha value is -2.41. The Morgan fingerprint density at radius 2 is 2.31 bits per heavy atom. The molecule has 0 saturated heterocycles. The van der Waals surface area contributed by atoms with E-state index in [-0.39, 0.29) is 30.7 Å². The van der Waals surface area contributed by atoms with Gasteiger partial charge < -0.3 is 19.7 Å². The molecular formula is C19H24FN3O3. The van der Waals surface area contributed by atoms with E-state index in [1.807, 2.05) is 11.5 Å². The third kappa shape index (κ3) is 3.88. The average Bonchev–Trinajstić information content (AvgIpc) is 2.90. The number of aromatic nitrogens is 2. The number of benzene rings is 1. The second-order valence-electron chi connectivity index (χ2n) is 6.58. The summed E-state index contributed by atoms with van der Waals surface area (Å²) in [6.07, 6.45) is 2.45. The number of amides is 1. The van der Waals surface area contributed by atoms with E-state index in [4.69, 9.17) is 4.74 Å². The minimum atomic E-state index is -0.468. The summed E-state index contributed by atoms with van der Waals surface area (Å²) in [6.45, 7) is 2.57. The van der Waals surface area contributed by atoms with E-state index in [1.54, 1.807) is 6.07 Å². The van der Waals surface area contributed by atoms with Crippen molar-refractivity contribution in [3.05, 3.63) is 46.8 Å². The van der Waals surface area contributed by atoms with Gasteiger partial charge in [-0.2, -0.15) is 0 Å². The molecule has 1 heterocycles. The number of nitrogens with zero attached hydrogens (tertiary/aromatic N) is 2. The van der Waals surface area contributed by atoms with E-state index >= 15 is 0 Å². The summed E-state index contributed by atoms with van der Waals surface area (Å²) in [7, 11) is 1.41. The van der Waals surface area contributed by atoms with E-state index in [0.717, 1.165) is 30.1 Å². The minimum absolute atomic E-state index is 0.0231. The molecule has 1 unspecified atom stereocenters. The van der Waals surface area contributed by atoms with Gasteiger partial charge >= 0.3 is 0 Å². The Bertz CT molecular complexity index is 804. The number of methoxy groups -OCH3 is 1. The molecule has 0 saturated carbocycles. The predicted molar refractivity (Wildman–Crippen MR) is 94.7 cm³/mol. The van der Waals surface area contributed by atoms with Gasteiger partial charge in [-0.15, -0.1) is 0 Å². The second kappa shape index (κ2) is 7.86. The fourth-order valence-corrected chi connectivity index (χ4v) is 3.56. The van der Waals surface area contributed by atoms with E-state index in [9.17, 15) is 14.3 Å². The van der Waals surface area contributed by atoms with Crippen LogP contribution in [0.3, 0.4) is 0 Å². The largest absolute Gasteiger partial charge is 0.494 e. The SMILES string of the molecule is COc1ccc(CC(=O)NC2CCc3c(nc(C)n3CCO)C2)cc1F. The van der Waals surface area contributed by atoms with Gasteiger partial charge in [-0.3, -0.25) is 4.79 Å². The number of aryl methyl sites for hydroxylation is 1. The molecule has 1 aliphatic carbocycles. The summed E-state index contributed by atoms with van der Waals surface area (Å²) in [4.78, 5) is 16.9. The molecule has 1 atom stereocenters. The first-order valence-corrected chi connectivity index (χ1v) is 8.79. The van der Waals surface area contributed by atoms with Gasteiger partial charge in [0.2, 0.25) is 5.91 Å². The van der Waals surface area contributed by atoms with Crippen LogP contribution < -0.4 is 10.1 Å². The molecule has 7 heteroatoms. The van der Waals surface area contributed by atoms with E-state index < -0.39 is 5.82 Å². The summed E-state index contributed by atoms with van der Waals surface area (Å²) in [6, 6.07) is 4.58. The summed E-state index contributed by atoms with van der Waals surface area (Å²) in [5, 5.41) is 12.2. The van der Waals surface area contributed by atoms with Crippen LogP contribution in [-0.2, 0) is 30.6 Å². The van der Waals surface area contributed by atoms with Crippen LogP contribution in [0.15, 0.2) is 18.2 Å². The zero-order chi connectivity index (χ0) is 18.7. The van der Waals surface area contributed by atoms with Gasteiger partial charge in [0.25, 0.3) is 0 Å². The monoisotopic (exact) mass is 361 g/mol. The molecule has 1 amide bonds. The minimum Gasteiger partial charge on any atom is -0.494 e. The molecule has 26 heavy (non-hydrogen) atoms. The van der Waals surface area contributed by atoms with Gasteiger partial charge in [0.1, 0.15) is 5.82 Å². The van der Waals surface area contributed by atoms with Gasteiger partial charge in [-0.25, -0.2) is 9.37 Å². The maximum absolute atomic E-state index is 13.7. The van der Waals surface area contributed by atoms with Crippen LogP contribution in [0.4, 0.5) is 4.39 Å². The second-order valence-corrected chi connectivity index (χ2v) is 6.58. The first-order chi connectivity index (χ1) is 12.5. The molecule has 1 aromatic carbocycles. The summed E-state index contributed by atoms with van der Waals surface area (Å²) < 4.78 is 20.7. The van der Waals surface area contributed by atoms with Crippen LogP contribution in [0.1, 0.15) is 29.2 Å². The fraction of sp³-hybridized carbons (Fsp3) is 0.474. The van der Waals surface area contributed by atoms with Crippen molar-refractivity contribution >= 4 is 5.91 Å². The Morgan fingerprint density at radius 1 is 1.50 bits per heavy atom. The highest BCUT2D eigenvalue weighted by atomic mass is 19.1. The Morgan fingerprint density at radius 3 is 3.00 bits per heavy atom. The first-order valence-electron chi connectivity index (χ1n) is 8.79. The Kier molecular flexibility index (Phi) is 5.56. The fourth-order valence-electron chi connectivity index (χ4n) is 3.56. The van der Waals surface area contributed by atoms with Crippen molar-refractivity contribution in [2.75, 3.05) is 13.7 Å². The number of hydrogen-bond donors (Lipinski definition) is 2. The lowest BCUT2D eigenvalue weighted by Crippen LogP contribution is -2.40. The number of rotatable bonds is 6. The number of fused-ring (bicyclic) bond motifs is 1. The Labute approximate surface area is 152 Å². The lowest BCUT2D eigenvalue weighted by Gasteiger charge is -2.24. The molecule has 0 radical (unpaired) electrons. The molecule has 1 aromatic heterocycles. The maximum atomic E-state index is 13.7. The Balaban J connectivity index is 1.61. The van der Waals surface area contributed by atoms with Crippen LogP contribution in [-0.4, -0.2) is 40.3 Å². The number of ether oxygens (including phenoxy) is 1. The molecule has 2 N–H and O–H groups in total. The highest BCUT2D eigenvalue weighted by molar-refractivity contribution is 5.79. The molecule has 3 rings (SSSR count). The van der Waals surface area contributed by atoms with Gasteiger partial charge in [0.15, 0.2) is 11.6 Å². The molecule has 1 aliphatic rings. The maximum Gasteiger partial charge on any atom is 0.224 e. The van der Waals surface area contributed by atoms with Crippen molar-refractivity contribution in [1.29, 1.82) is 0 Å². The topological polar surface area (TPSA) is 76.4 Å². The molecule has 0 fully saturated rings. The number of aliphatic hydroxyl groups excluding tert-OH is 1. The molecule has 140 valence electrons. The number of aliphatic hydroxyl groups is 1. The van der Waals surface area contributed by atoms with E-state index in [1.165, 1.54) is 19.2 Å². The molecule has 0 bridgehead atoms.